The van der Waals surface area contributed by atoms with E-state index < -0.39 is 0 Å². The van der Waals surface area contributed by atoms with Crippen LogP contribution in [0.3, 0.4) is 0 Å². The van der Waals surface area contributed by atoms with Crippen molar-refractivity contribution in [3.63, 3.8) is 0 Å². The third-order valence-corrected chi connectivity index (χ3v) is 5.70. The lowest BCUT2D eigenvalue weighted by atomic mass is 10.1. The van der Waals surface area contributed by atoms with Gasteiger partial charge in [-0.25, -0.2) is 9.50 Å². The number of benzene rings is 1. The molecule has 1 unspecified atom stereocenters. The first-order chi connectivity index (χ1) is 13.2. The lowest BCUT2D eigenvalue weighted by molar-refractivity contribution is 0.159. The van der Waals surface area contributed by atoms with Crippen LogP contribution < -0.4 is 0 Å². The topological polar surface area (TPSA) is 38.4 Å². The van der Waals surface area contributed by atoms with Crippen molar-refractivity contribution in [2.45, 2.75) is 33.0 Å². The van der Waals surface area contributed by atoms with E-state index in [2.05, 4.69) is 58.9 Å². The van der Waals surface area contributed by atoms with Crippen LogP contribution in [-0.2, 0) is 13.1 Å². The molecule has 0 saturated heterocycles. The van der Waals surface area contributed by atoms with Crippen molar-refractivity contribution in [3.05, 3.63) is 78.0 Å². The van der Waals surface area contributed by atoms with Crippen molar-refractivity contribution in [1.82, 2.24) is 24.1 Å². The highest BCUT2D eigenvalue weighted by Gasteiger charge is 2.24. The van der Waals surface area contributed by atoms with Gasteiger partial charge in [0.25, 0.3) is 0 Å². The normalized spacial score (nSPS) is 17.3. The Morgan fingerprint density at radius 3 is 2.74 bits per heavy atom. The number of nitrogens with zero attached hydrogens (tertiary/aromatic N) is 5. The Bertz CT molecular complexity index is 1090. The second-order valence-corrected chi connectivity index (χ2v) is 7.35. The van der Waals surface area contributed by atoms with E-state index in [1.807, 2.05) is 35.1 Å². The molecule has 0 spiro atoms. The zero-order chi connectivity index (χ0) is 18.4. The van der Waals surface area contributed by atoms with Crippen molar-refractivity contribution < 1.29 is 0 Å². The Labute approximate surface area is 158 Å². The molecule has 0 amide bonds. The van der Waals surface area contributed by atoms with Crippen LogP contribution in [0.25, 0.3) is 16.8 Å². The Morgan fingerprint density at radius 1 is 1.04 bits per heavy atom. The van der Waals surface area contributed by atoms with Crippen LogP contribution in [0, 0.1) is 6.92 Å². The second-order valence-electron chi connectivity index (χ2n) is 7.35. The molecule has 0 saturated carbocycles. The van der Waals surface area contributed by atoms with E-state index in [1.54, 1.807) is 0 Å². The van der Waals surface area contributed by atoms with Crippen LogP contribution in [0.5, 0.6) is 0 Å². The van der Waals surface area contributed by atoms with Gasteiger partial charge in [-0.05, 0) is 31.5 Å². The van der Waals surface area contributed by atoms with Crippen molar-refractivity contribution >= 4 is 5.65 Å². The van der Waals surface area contributed by atoms with Gasteiger partial charge in [0.15, 0.2) is 5.65 Å². The van der Waals surface area contributed by atoms with Crippen molar-refractivity contribution in [1.29, 1.82) is 0 Å². The summed E-state index contributed by atoms with van der Waals surface area (Å²) in [6.07, 6.45) is 6.01. The summed E-state index contributed by atoms with van der Waals surface area (Å²) in [7, 11) is 0. The molecule has 5 rings (SSSR count). The Kier molecular flexibility index (Phi) is 3.83. The molecule has 1 aromatic carbocycles. The average molecular weight is 357 g/mol. The van der Waals surface area contributed by atoms with E-state index in [0.717, 1.165) is 36.4 Å². The molecule has 0 aliphatic carbocycles. The first kappa shape index (κ1) is 16.3. The summed E-state index contributed by atoms with van der Waals surface area (Å²) in [6, 6.07) is 15.2. The number of hydrogen-bond acceptors (Lipinski definition) is 3. The molecule has 0 radical (unpaired) electrons. The summed E-state index contributed by atoms with van der Waals surface area (Å²) in [5, 5.41) is 4.54. The molecule has 0 fully saturated rings. The minimum atomic E-state index is 0.403. The zero-order valence-corrected chi connectivity index (χ0v) is 15.7. The van der Waals surface area contributed by atoms with Gasteiger partial charge in [0.1, 0.15) is 0 Å². The molecule has 4 heterocycles. The maximum Gasteiger partial charge on any atom is 0.162 e. The summed E-state index contributed by atoms with van der Waals surface area (Å²) in [4.78, 5) is 7.24. The van der Waals surface area contributed by atoms with E-state index in [4.69, 9.17) is 4.98 Å². The third kappa shape index (κ3) is 2.75. The van der Waals surface area contributed by atoms with Gasteiger partial charge >= 0.3 is 0 Å². The largest absolute Gasteiger partial charge is 0.346 e. The molecule has 27 heavy (non-hydrogen) atoms. The van der Waals surface area contributed by atoms with E-state index in [1.165, 1.54) is 17.0 Å². The predicted octanol–water partition coefficient (Wildman–Crippen LogP) is 4.08. The molecular formula is C22H23N5. The Hall–Kier alpha value is -2.92. The smallest absolute Gasteiger partial charge is 0.162 e. The summed E-state index contributed by atoms with van der Waals surface area (Å²) < 4.78 is 4.33. The predicted molar refractivity (Wildman–Crippen MR) is 106 cm³/mol. The van der Waals surface area contributed by atoms with Crippen molar-refractivity contribution in [2.75, 3.05) is 6.54 Å². The number of aromatic nitrogens is 4. The lowest BCUT2D eigenvalue weighted by Gasteiger charge is -2.35. The molecule has 1 aliphatic rings. The van der Waals surface area contributed by atoms with Gasteiger partial charge in [-0.3, -0.25) is 4.90 Å². The van der Waals surface area contributed by atoms with E-state index in [-0.39, 0.29) is 0 Å². The van der Waals surface area contributed by atoms with Gasteiger partial charge in [-0.2, -0.15) is 5.10 Å². The summed E-state index contributed by atoms with van der Waals surface area (Å²) >= 11 is 0. The molecule has 5 nitrogen and oxygen atoms in total. The fourth-order valence-electron chi connectivity index (χ4n) is 4.14. The van der Waals surface area contributed by atoms with Gasteiger partial charge < -0.3 is 4.57 Å². The van der Waals surface area contributed by atoms with Gasteiger partial charge in [-0.15, -0.1) is 0 Å². The highest BCUT2D eigenvalue weighted by molar-refractivity contribution is 5.76. The van der Waals surface area contributed by atoms with Crippen LogP contribution in [-0.4, -0.2) is 30.6 Å². The molecule has 0 N–H and O–H groups in total. The molecule has 0 bridgehead atoms. The molecule has 3 aromatic heterocycles. The summed E-state index contributed by atoms with van der Waals surface area (Å²) in [6.45, 7) is 7.46. The second kappa shape index (κ2) is 6.35. The number of fused-ring (bicyclic) bond motifs is 2. The fourth-order valence-corrected chi connectivity index (χ4v) is 4.14. The van der Waals surface area contributed by atoms with Gasteiger partial charge in [0, 0.05) is 60.6 Å². The lowest BCUT2D eigenvalue weighted by Crippen LogP contribution is -2.36. The maximum absolute atomic E-state index is 4.73. The molecule has 1 atom stereocenters. The first-order valence-electron chi connectivity index (χ1n) is 9.48. The number of rotatable bonds is 3. The van der Waals surface area contributed by atoms with Crippen LogP contribution in [0.1, 0.15) is 29.9 Å². The van der Waals surface area contributed by atoms with Crippen molar-refractivity contribution in [3.8, 4) is 11.1 Å². The minimum absolute atomic E-state index is 0.403. The Balaban J connectivity index is 1.42. The standard InChI is InChI=1S/C22H23N5/c1-16-8-9-21-17(2)25(10-11-26(16)21)14-18-12-23-22-20(13-24-27(22)15-18)19-6-4-3-5-7-19/h3-9,12-13,15,17H,10-11,14H2,1-2H3. The summed E-state index contributed by atoms with van der Waals surface area (Å²) in [5.41, 5.74) is 7.06. The molecule has 4 aromatic rings. The summed E-state index contributed by atoms with van der Waals surface area (Å²) in [5.74, 6) is 0. The van der Waals surface area contributed by atoms with Gasteiger partial charge in [0.2, 0.25) is 0 Å². The molecule has 136 valence electrons. The highest BCUT2D eigenvalue weighted by Crippen LogP contribution is 2.29. The van der Waals surface area contributed by atoms with Crippen LogP contribution in [0.2, 0.25) is 0 Å². The van der Waals surface area contributed by atoms with Crippen LogP contribution in [0.4, 0.5) is 0 Å². The first-order valence-corrected chi connectivity index (χ1v) is 9.48. The zero-order valence-electron chi connectivity index (χ0n) is 15.7. The monoisotopic (exact) mass is 357 g/mol. The van der Waals surface area contributed by atoms with Crippen molar-refractivity contribution in [2.24, 2.45) is 0 Å². The van der Waals surface area contributed by atoms with E-state index >= 15 is 0 Å². The third-order valence-electron chi connectivity index (χ3n) is 5.70. The maximum atomic E-state index is 4.73. The minimum Gasteiger partial charge on any atom is -0.346 e. The molecule has 1 aliphatic heterocycles. The molecule has 5 heteroatoms. The average Bonchev–Trinajstić information content (AvgIpc) is 3.28. The van der Waals surface area contributed by atoms with Gasteiger partial charge in [-0.1, -0.05) is 30.3 Å². The fraction of sp³-hybridized carbons (Fsp3) is 0.273. The van der Waals surface area contributed by atoms with E-state index in [0.29, 0.717) is 6.04 Å². The quantitative estimate of drug-likeness (QED) is 0.554. The van der Waals surface area contributed by atoms with E-state index in [9.17, 15) is 0 Å². The Morgan fingerprint density at radius 2 is 1.89 bits per heavy atom. The highest BCUT2D eigenvalue weighted by atomic mass is 15.3. The number of hydrogen-bond donors (Lipinski definition) is 0. The van der Waals surface area contributed by atoms with Gasteiger partial charge in [0.05, 0.1) is 6.20 Å². The van der Waals surface area contributed by atoms with Crippen LogP contribution in [0.15, 0.2) is 61.1 Å². The van der Waals surface area contributed by atoms with Crippen LogP contribution >= 0.6 is 0 Å². The molecular weight excluding hydrogens is 334 g/mol. The SMILES string of the molecule is Cc1ccc2n1CCN(Cc1cnc3c(-c4ccccc4)cnn3c1)C2C. The number of aryl methyl sites for hydroxylation is 1.